The number of benzene rings is 3. The lowest BCUT2D eigenvalue weighted by atomic mass is 10.0. The van der Waals surface area contributed by atoms with Crippen LogP contribution in [0.2, 0.25) is 0 Å². The Bertz CT molecular complexity index is 792. The van der Waals surface area contributed by atoms with Gasteiger partial charge >= 0.3 is 0 Å². The van der Waals surface area contributed by atoms with Gasteiger partial charge in [0, 0.05) is 22.4 Å². The van der Waals surface area contributed by atoms with Crippen molar-refractivity contribution in [2.24, 2.45) is 4.99 Å². The molecule has 0 spiro atoms. The van der Waals surface area contributed by atoms with E-state index in [0.29, 0.717) is 5.71 Å². The van der Waals surface area contributed by atoms with Crippen LogP contribution in [0.3, 0.4) is 0 Å². The van der Waals surface area contributed by atoms with Crippen molar-refractivity contribution in [2.45, 2.75) is 6.92 Å². The van der Waals surface area contributed by atoms with E-state index in [-0.39, 0.29) is 0 Å². The van der Waals surface area contributed by atoms with Gasteiger partial charge < -0.3 is 5.41 Å². The monoisotopic (exact) mass is 298 g/mol. The highest BCUT2D eigenvalue weighted by Crippen LogP contribution is 2.22. The molecule has 0 aliphatic rings. The predicted molar refractivity (Wildman–Crippen MR) is 97.1 cm³/mol. The fourth-order valence-electron chi connectivity index (χ4n) is 2.50. The van der Waals surface area contributed by atoms with Gasteiger partial charge in [-0.2, -0.15) is 0 Å². The molecule has 0 unspecified atom stereocenters. The Kier molecular flexibility index (Phi) is 4.44. The smallest absolute Gasteiger partial charge is 0.0781 e. The van der Waals surface area contributed by atoms with E-state index >= 15 is 0 Å². The van der Waals surface area contributed by atoms with Crippen LogP contribution >= 0.6 is 0 Å². The Morgan fingerprint density at radius 1 is 0.696 bits per heavy atom. The van der Waals surface area contributed by atoms with E-state index in [4.69, 9.17) is 10.4 Å². The standard InChI is InChI=1S/C21H18N2/c1-16(22)19-14-8-9-15-20(19)23-21(17-10-4-2-5-11-17)18-12-6-3-7-13-18/h2-15,22H,1H3. The maximum Gasteiger partial charge on any atom is 0.0781 e. The van der Waals surface area contributed by atoms with E-state index < -0.39 is 0 Å². The summed E-state index contributed by atoms with van der Waals surface area (Å²) in [6.45, 7) is 1.79. The van der Waals surface area contributed by atoms with E-state index in [1.165, 1.54) is 0 Å². The van der Waals surface area contributed by atoms with Crippen LogP contribution < -0.4 is 0 Å². The first kappa shape index (κ1) is 14.9. The van der Waals surface area contributed by atoms with Gasteiger partial charge in [-0.25, -0.2) is 4.99 Å². The topological polar surface area (TPSA) is 36.2 Å². The third-order valence-electron chi connectivity index (χ3n) is 3.63. The summed E-state index contributed by atoms with van der Waals surface area (Å²) >= 11 is 0. The molecule has 1 N–H and O–H groups in total. The van der Waals surface area contributed by atoms with Gasteiger partial charge in [0.1, 0.15) is 0 Å². The van der Waals surface area contributed by atoms with E-state index in [1.54, 1.807) is 6.92 Å². The van der Waals surface area contributed by atoms with Gasteiger partial charge in [-0.15, -0.1) is 0 Å². The first-order chi connectivity index (χ1) is 11.3. The molecule has 0 heterocycles. The van der Waals surface area contributed by atoms with Crippen molar-refractivity contribution >= 4 is 17.1 Å². The lowest BCUT2D eigenvalue weighted by Crippen LogP contribution is -2.03. The average Bonchev–Trinajstić information content (AvgIpc) is 2.61. The number of hydrogen-bond acceptors (Lipinski definition) is 2. The number of aliphatic imine (C=N–C) groups is 1. The van der Waals surface area contributed by atoms with E-state index in [9.17, 15) is 0 Å². The first-order valence-electron chi connectivity index (χ1n) is 7.60. The Labute approximate surface area is 136 Å². The summed E-state index contributed by atoms with van der Waals surface area (Å²) in [4.78, 5) is 4.90. The molecule has 2 nitrogen and oxygen atoms in total. The molecule has 2 heteroatoms. The number of para-hydroxylation sites is 1. The second-order valence-electron chi connectivity index (χ2n) is 5.33. The minimum atomic E-state index is 0.518. The van der Waals surface area contributed by atoms with Gasteiger partial charge in [-0.05, 0) is 13.0 Å². The summed E-state index contributed by atoms with van der Waals surface area (Å²) in [7, 11) is 0. The van der Waals surface area contributed by atoms with E-state index in [1.807, 2.05) is 60.7 Å². The largest absolute Gasteiger partial charge is 0.305 e. The van der Waals surface area contributed by atoms with Gasteiger partial charge in [-0.1, -0.05) is 78.9 Å². The zero-order valence-corrected chi connectivity index (χ0v) is 13.0. The number of nitrogens with zero attached hydrogens (tertiary/aromatic N) is 1. The fourth-order valence-corrected chi connectivity index (χ4v) is 2.50. The highest BCUT2D eigenvalue weighted by molar-refractivity contribution is 6.14. The fraction of sp³-hybridized carbons (Fsp3) is 0.0476. The highest BCUT2D eigenvalue weighted by Gasteiger charge is 2.09. The lowest BCUT2D eigenvalue weighted by molar-refractivity contribution is 1.41. The van der Waals surface area contributed by atoms with Crippen LogP contribution in [0.5, 0.6) is 0 Å². The first-order valence-corrected chi connectivity index (χ1v) is 7.60. The number of rotatable bonds is 4. The Morgan fingerprint density at radius 2 is 1.17 bits per heavy atom. The minimum absolute atomic E-state index is 0.518. The molecule has 23 heavy (non-hydrogen) atoms. The van der Waals surface area contributed by atoms with Gasteiger partial charge in [-0.3, -0.25) is 0 Å². The molecule has 0 radical (unpaired) electrons. The van der Waals surface area contributed by atoms with Crippen molar-refractivity contribution in [2.75, 3.05) is 0 Å². The van der Waals surface area contributed by atoms with Crippen LogP contribution in [0, 0.1) is 5.41 Å². The SMILES string of the molecule is CC(=N)c1ccccc1N=C(c1ccccc1)c1ccccc1. The predicted octanol–water partition coefficient (Wildman–Crippen LogP) is 5.24. The van der Waals surface area contributed by atoms with Crippen molar-refractivity contribution in [1.29, 1.82) is 5.41 Å². The third kappa shape index (κ3) is 3.43. The molecule has 3 rings (SSSR count). The number of hydrogen-bond donors (Lipinski definition) is 1. The summed E-state index contributed by atoms with van der Waals surface area (Å²) in [6.07, 6.45) is 0. The normalized spacial score (nSPS) is 10.1. The quantitative estimate of drug-likeness (QED) is 0.639. The second kappa shape index (κ2) is 6.84. The molecular formula is C21H18N2. The molecule has 0 bridgehead atoms. The summed E-state index contributed by atoms with van der Waals surface area (Å²) in [5, 5.41) is 7.96. The third-order valence-corrected chi connectivity index (χ3v) is 3.63. The average molecular weight is 298 g/mol. The Morgan fingerprint density at radius 3 is 1.70 bits per heavy atom. The maximum absolute atomic E-state index is 7.96. The Balaban J connectivity index is 2.19. The van der Waals surface area contributed by atoms with Crippen molar-refractivity contribution in [1.82, 2.24) is 0 Å². The molecular weight excluding hydrogens is 280 g/mol. The summed E-state index contributed by atoms with van der Waals surface area (Å²) in [6, 6.07) is 28.1. The molecule has 0 saturated heterocycles. The van der Waals surface area contributed by atoms with Gasteiger partial charge in [0.2, 0.25) is 0 Å². The molecule has 0 aliphatic heterocycles. The van der Waals surface area contributed by atoms with Crippen LogP contribution in [0.4, 0.5) is 5.69 Å². The van der Waals surface area contributed by atoms with Crippen LogP contribution in [0.1, 0.15) is 23.6 Å². The highest BCUT2D eigenvalue weighted by atomic mass is 14.8. The summed E-state index contributed by atoms with van der Waals surface area (Å²) in [5.74, 6) is 0. The summed E-state index contributed by atoms with van der Waals surface area (Å²) < 4.78 is 0. The van der Waals surface area contributed by atoms with E-state index in [0.717, 1.165) is 28.1 Å². The van der Waals surface area contributed by atoms with Gasteiger partial charge in [0.25, 0.3) is 0 Å². The van der Waals surface area contributed by atoms with Crippen LogP contribution in [-0.4, -0.2) is 11.4 Å². The number of nitrogens with one attached hydrogen (secondary N) is 1. The second-order valence-corrected chi connectivity index (χ2v) is 5.33. The van der Waals surface area contributed by atoms with Crippen molar-refractivity contribution in [3.05, 3.63) is 102 Å². The lowest BCUT2D eigenvalue weighted by Gasteiger charge is -2.10. The molecule has 112 valence electrons. The molecule has 3 aromatic rings. The molecule has 0 aliphatic carbocycles. The molecule has 3 aromatic carbocycles. The van der Waals surface area contributed by atoms with Crippen molar-refractivity contribution < 1.29 is 0 Å². The molecule has 0 amide bonds. The van der Waals surface area contributed by atoms with E-state index in [2.05, 4.69) is 24.3 Å². The van der Waals surface area contributed by atoms with Crippen molar-refractivity contribution in [3.8, 4) is 0 Å². The van der Waals surface area contributed by atoms with Crippen LogP contribution in [-0.2, 0) is 0 Å². The van der Waals surface area contributed by atoms with Gasteiger partial charge in [0.05, 0.1) is 11.4 Å². The Hall–Kier alpha value is -3.00. The molecule has 0 aromatic heterocycles. The van der Waals surface area contributed by atoms with Gasteiger partial charge in [0.15, 0.2) is 0 Å². The van der Waals surface area contributed by atoms with Crippen LogP contribution in [0.15, 0.2) is 89.9 Å². The molecule has 0 saturated carbocycles. The molecule has 0 atom stereocenters. The maximum atomic E-state index is 7.96. The van der Waals surface area contributed by atoms with Crippen LogP contribution in [0.25, 0.3) is 0 Å². The minimum Gasteiger partial charge on any atom is -0.305 e. The zero-order valence-electron chi connectivity index (χ0n) is 13.0. The molecule has 0 fully saturated rings. The van der Waals surface area contributed by atoms with Crippen molar-refractivity contribution in [3.63, 3.8) is 0 Å². The summed E-state index contributed by atoms with van der Waals surface area (Å²) in [5.41, 5.74) is 5.25. The zero-order chi connectivity index (χ0) is 16.1.